The Morgan fingerprint density at radius 2 is 2.67 bits per heavy atom. The first-order chi connectivity index (χ1) is 2.91. The van der Waals surface area contributed by atoms with Crippen molar-refractivity contribution in [3.8, 4) is 0 Å². The Hall–Kier alpha value is 0.924. The zero-order chi connectivity index (χ0) is 4.83. The van der Waals surface area contributed by atoms with Gasteiger partial charge in [-0.25, -0.2) is 0 Å². The minimum absolute atomic E-state index is 0.232. The van der Waals surface area contributed by atoms with Gasteiger partial charge in [-0.3, -0.25) is 4.52 Å². The maximum atomic E-state index is 4.94. The van der Waals surface area contributed by atoms with Gasteiger partial charge in [-0.05, 0) is 9.39 Å². The summed E-state index contributed by atoms with van der Waals surface area (Å²) in [6.07, 6.45) is 0. The van der Waals surface area contributed by atoms with E-state index in [4.69, 9.17) is 4.12 Å². The molecule has 0 rings (SSSR count). The minimum Gasteiger partial charge on any atom is -0.461 e. The van der Waals surface area contributed by atoms with E-state index in [2.05, 4.69) is 13.9 Å². The van der Waals surface area contributed by atoms with Gasteiger partial charge in [-0.2, -0.15) is 0 Å². The third-order valence-electron chi connectivity index (χ3n) is 0.268. The molecule has 0 fully saturated rings. The van der Waals surface area contributed by atoms with Crippen molar-refractivity contribution in [2.45, 2.75) is 0 Å². The fourth-order valence-electron chi connectivity index (χ4n) is 0.0911. The van der Waals surface area contributed by atoms with E-state index in [1.807, 2.05) is 0 Å². The topological polar surface area (TPSA) is 21.6 Å². The monoisotopic (exact) mass is 155 g/mol. The molecule has 6 heavy (non-hydrogen) atoms. The van der Waals surface area contributed by atoms with Crippen LogP contribution in [0.25, 0.3) is 0 Å². The molecule has 0 saturated heterocycles. The second-order valence-corrected chi connectivity index (χ2v) is 6.07. The third-order valence-corrected chi connectivity index (χ3v) is 6.21. The quantitative estimate of drug-likeness (QED) is 0.378. The molecular weight excluding hydrogens is 148 g/mol. The van der Waals surface area contributed by atoms with Gasteiger partial charge in [0.05, 0.1) is 0 Å². The van der Waals surface area contributed by atoms with E-state index in [0.717, 1.165) is 18.4 Å². The van der Waals surface area contributed by atoms with Gasteiger partial charge in [0.15, 0.2) is 0 Å². The lowest BCUT2D eigenvalue weighted by atomic mass is 13.9. The smallest absolute Gasteiger partial charge is 0.225 e. The van der Waals surface area contributed by atoms with Gasteiger partial charge in [0, 0.05) is 7.92 Å². The van der Waals surface area contributed by atoms with Crippen LogP contribution in [0.3, 0.4) is 0 Å². The molecule has 0 aliphatic heterocycles. The summed E-state index contributed by atoms with van der Waals surface area (Å²) in [6.45, 7) is 0. The van der Waals surface area contributed by atoms with E-state index in [0.29, 0.717) is 0 Å². The van der Waals surface area contributed by atoms with Gasteiger partial charge < -0.3 is 4.12 Å². The second-order valence-electron chi connectivity index (χ2n) is 0.675. The molecule has 0 amide bonds. The SMILES string of the molecule is [SiH3]O[SiH2]P=NP. The first-order valence-corrected chi connectivity index (χ1v) is 6.31. The predicted molar refractivity (Wildman–Crippen MR) is 38.6 cm³/mol. The van der Waals surface area contributed by atoms with E-state index in [1.165, 1.54) is 0 Å². The Kier molecular flexibility index (Phi) is 6.84. The lowest BCUT2D eigenvalue weighted by Gasteiger charge is -1.79. The third kappa shape index (κ3) is 4.92. The molecule has 0 heterocycles. The number of hydrogen-bond acceptors (Lipinski definition) is 2. The Morgan fingerprint density at radius 3 is 2.83 bits per heavy atom. The summed E-state index contributed by atoms with van der Waals surface area (Å²) in [7, 11) is 4.12. The van der Waals surface area contributed by atoms with E-state index >= 15 is 0 Å². The molecule has 0 aromatic rings. The van der Waals surface area contributed by atoms with E-state index in [9.17, 15) is 0 Å². The highest BCUT2D eigenvalue weighted by Crippen LogP contribution is 1.99. The fraction of sp³-hybridized carbons (Fsp3) is 0. The van der Waals surface area contributed by atoms with Crippen molar-refractivity contribution in [1.29, 1.82) is 0 Å². The van der Waals surface area contributed by atoms with Crippen LogP contribution in [0, 0.1) is 0 Å². The van der Waals surface area contributed by atoms with Crippen LogP contribution in [0.5, 0.6) is 0 Å². The van der Waals surface area contributed by atoms with Crippen LogP contribution in [0.1, 0.15) is 0 Å². The summed E-state index contributed by atoms with van der Waals surface area (Å²) in [5.74, 6) is 0. The predicted octanol–water partition coefficient (Wildman–Crippen LogP) is -0.798. The van der Waals surface area contributed by atoms with Crippen LogP contribution in [0.15, 0.2) is 4.52 Å². The van der Waals surface area contributed by atoms with Crippen molar-refractivity contribution < 1.29 is 4.12 Å². The summed E-state index contributed by atoms with van der Waals surface area (Å²) in [6, 6.07) is 0. The van der Waals surface area contributed by atoms with E-state index in [1.54, 1.807) is 0 Å². The molecule has 0 aliphatic rings. The van der Waals surface area contributed by atoms with Gasteiger partial charge in [-0.1, -0.05) is 0 Å². The molecule has 36 valence electrons. The van der Waals surface area contributed by atoms with Gasteiger partial charge in [0.1, 0.15) is 10.5 Å². The highest BCUT2D eigenvalue weighted by Gasteiger charge is 1.67. The van der Waals surface area contributed by atoms with Crippen molar-refractivity contribution in [2.75, 3.05) is 0 Å². The largest absolute Gasteiger partial charge is 0.461 e. The molecule has 0 bridgehead atoms. The lowest BCUT2D eigenvalue weighted by Crippen LogP contribution is -1.79. The van der Waals surface area contributed by atoms with Crippen LogP contribution in [0.2, 0.25) is 0 Å². The molecule has 0 aromatic heterocycles. The summed E-state index contributed by atoms with van der Waals surface area (Å²) < 4.78 is 8.71. The molecule has 0 radical (unpaired) electrons. The second kappa shape index (κ2) is 5.92. The van der Waals surface area contributed by atoms with Gasteiger partial charge in [0.25, 0.3) is 0 Å². The Morgan fingerprint density at radius 1 is 2.00 bits per heavy atom. The van der Waals surface area contributed by atoms with Crippen molar-refractivity contribution in [1.82, 2.24) is 0 Å². The standard InChI is InChI=1S/H7NOP2Si2/c3-1-4-6-2-5/h3,6H2,5H3. The number of rotatable bonds is 2. The average molecular weight is 155 g/mol. The molecule has 2 nitrogen and oxygen atoms in total. The van der Waals surface area contributed by atoms with Crippen LogP contribution in [0.4, 0.5) is 0 Å². The van der Waals surface area contributed by atoms with Crippen LogP contribution in [-0.4, -0.2) is 19.9 Å². The zero-order valence-electron chi connectivity index (χ0n) is 3.59. The first-order valence-electron chi connectivity index (χ1n) is 1.47. The molecule has 0 saturated carbocycles. The van der Waals surface area contributed by atoms with Crippen LogP contribution < -0.4 is 0 Å². The van der Waals surface area contributed by atoms with Gasteiger partial charge in [-0.15, -0.1) is 0 Å². The van der Waals surface area contributed by atoms with Crippen molar-refractivity contribution in [2.24, 2.45) is 4.52 Å². The maximum Gasteiger partial charge on any atom is 0.225 e. The van der Waals surface area contributed by atoms with Gasteiger partial charge in [0.2, 0.25) is 9.43 Å². The molecule has 1 unspecified atom stereocenters. The Bertz CT molecular complexity index is 46.8. The molecule has 0 N–H and O–H groups in total. The minimum atomic E-state index is -0.232. The van der Waals surface area contributed by atoms with E-state index < -0.39 is 0 Å². The molecular formula is H7NOP2Si2. The summed E-state index contributed by atoms with van der Waals surface area (Å²) in [5.41, 5.74) is 0. The van der Waals surface area contributed by atoms with Gasteiger partial charge >= 0.3 is 0 Å². The lowest BCUT2D eigenvalue weighted by molar-refractivity contribution is 0.684. The first kappa shape index (κ1) is 6.92. The summed E-state index contributed by atoms with van der Waals surface area (Å²) >= 11 is 0. The highest BCUT2D eigenvalue weighted by molar-refractivity contribution is 7.64. The molecule has 6 heteroatoms. The van der Waals surface area contributed by atoms with Crippen LogP contribution >= 0.6 is 17.3 Å². The van der Waals surface area contributed by atoms with Crippen LogP contribution in [-0.2, 0) is 4.12 Å². The number of nitrogens with zero attached hydrogens (tertiary/aromatic N) is 1. The molecule has 0 spiro atoms. The summed E-state index contributed by atoms with van der Waals surface area (Å²) in [5, 5.41) is 0. The average Bonchev–Trinajstić information content (AvgIpc) is 1.61. The van der Waals surface area contributed by atoms with Crippen molar-refractivity contribution in [3.63, 3.8) is 0 Å². The molecule has 0 aliphatic carbocycles. The normalized spacial score (nSPS) is 12.8. The van der Waals surface area contributed by atoms with E-state index in [-0.39, 0.29) is 9.43 Å². The van der Waals surface area contributed by atoms with Crippen molar-refractivity contribution >= 4 is 37.2 Å². The number of hydrogen-bond donors (Lipinski definition) is 0. The molecule has 0 aromatic carbocycles. The fourth-order valence-corrected chi connectivity index (χ4v) is 2.46. The Labute approximate surface area is 46.5 Å². The maximum absolute atomic E-state index is 4.94. The highest BCUT2D eigenvalue weighted by atomic mass is 31.3. The molecule has 1 atom stereocenters. The van der Waals surface area contributed by atoms with Crippen molar-refractivity contribution in [3.05, 3.63) is 0 Å². The summed E-state index contributed by atoms with van der Waals surface area (Å²) in [4.78, 5) is 0. The Balaban J connectivity index is 2.66. The zero-order valence-corrected chi connectivity index (χ0v) is 9.05.